The van der Waals surface area contributed by atoms with Gasteiger partial charge in [0.25, 0.3) is 0 Å². The molecule has 0 spiro atoms. The third-order valence-corrected chi connectivity index (χ3v) is 2.49. The molecule has 4 heteroatoms. The van der Waals surface area contributed by atoms with Gasteiger partial charge in [-0.2, -0.15) is 5.26 Å². The monoisotopic (exact) mass is 223 g/mol. The van der Waals surface area contributed by atoms with E-state index in [-0.39, 0.29) is 0 Å². The SMILES string of the molecule is CNCCN(C)c1ccc(C#N)cc1Cl. The topological polar surface area (TPSA) is 39.1 Å². The van der Waals surface area contributed by atoms with Crippen LogP contribution < -0.4 is 10.2 Å². The largest absolute Gasteiger partial charge is 0.372 e. The van der Waals surface area contributed by atoms with Crippen LogP contribution in [0.2, 0.25) is 5.02 Å². The van der Waals surface area contributed by atoms with Gasteiger partial charge in [0, 0.05) is 20.1 Å². The molecule has 1 aromatic rings. The molecule has 0 fully saturated rings. The van der Waals surface area contributed by atoms with Crippen molar-refractivity contribution in [1.82, 2.24) is 5.32 Å². The lowest BCUT2D eigenvalue weighted by molar-refractivity contribution is 0.768. The molecular weight excluding hydrogens is 210 g/mol. The summed E-state index contributed by atoms with van der Waals surface area (Å²) in [5.74, 6) is 0. The van der Waals surface area contributed by atoms with Crippen LogP contribution in [0.1, 0.15) is 5.56 Å². The van der Waals surface area contributed by atoms with E-state index in [0.717, 1.165) is 18.8 Å². The first-order valence-electron chi connectivity index (χ1n) is 4.74. The highest BCUT2D eigenvalue weighted by atomic mass is 35.5. The van der Waals surface area contributed by atoms with E-state index in [1.54, 1.807) is 12.1 Å². The van der Waals surface area contributed by atoms with Gasteiger partial charge in [-0.05, 0) is 25.2 Å². The molecule has 15 heavy (non-hydrogen) atoms. The molecular formula is C11H14ClN3. The van der Waals surface area contributed by atoms with Crippen molar-refractivity contribution >= 4 is 17.3 Å². The summed E-state index contributed by atoms with van der Waals surface area (Å²) in [4.78, 5) is 2.06. The maximum atomic E-state index is 8.70. The molecule has 3 nitrogen and oxygen atoms in total. The molecule has 0 heterocycles. The zero-order valence-electron chi connectivity index (χ0n) is 8.92. The predicted molar refractivity (Wildman–Crippen MR) is 63.4 cm³/mol. The number of hydrogen-bond acceptors (Lipinski definition) is 3. The van der Waals surface area contributed by atoms with Crippen molar-refractivity contribution in [2.45, 2.75) is 0 Å². The minimum atomic E-state index is 0.589. The smallest absolute Gasteiger partial charge is 0.0992 e. The molecule has 0 aliphatic carbocycles. The van der Waals surface area contributed by atoms with Crippen LogP contribution in [-0.2, 0) is 0 Å². The molecule has 0 radical (unpaired) electrons. The molecule has 0 saturated carbocycles. The first kappa shape index (κ1) is 11.8. The Balaban J connectivity index is 2.82. The normalized spacial score (nSPS) is 9.73. The Bertz CT molecular complexity index is 371. The molecule has 1 aromatic carbocycles. The molecule has 0 saturated heterocycles. The summed E-state index contributed by atoms with van der Waals surface area (Å²) in [7, 11) is 3.89. The summed E-state index contributed by atoms with van der Waals surface area (Å²) in [5, 5.41) is 12.4. The van der Waals surface area contributed by atoms with E-state index in [9.17, 15) is 0 Å². The zero-order valence-corrected chi connectivity index (χ0v) is 9.67. The number of anilines is 1. The van der Waals surface area contributed by atoms with E-state index in [1.165, 1.54) is 0 Å². The van der Waals surface area contributed by atoms with Crippen molar-refractivity contribution in [2.75, 3.05) is 32.1 Å². The third kappa shape index (κ3) is 3.12. The number of nitrogens with zero attached hydrogens (tertiary/aromatic N) is 2. The fraction of sp³-hybridized carbons (Fsp3) is 0.364. The van der Waals surface area contributed by atoms with E-state index in [4.69, 9.17) is 16.9 Å². The van der Waals surface area contributed by atoms with Crippen molar-refractivity contribution in [3.05, 3.63) is 28.8 Å². The number of halogens is 1. The van der Waals surface area contributed by atoms with Crippen LogP contribution in [0.3, 0.4) is 0 Å². The number of nitriles is 1. The second kappa shape index (κ2) is 5.59. The van der Waals surface area contributed by atoms with Crippen molar-refractivity contribution in [2.24, 2.45) is 0 Å². The van der Waals surface area contributed by atoms with Gasteiger partial charge in [0.1, 0.15) is 0 Å². The number of benzene rings is 1. The van der Waals surface area contributed by atoms with Crippen LogP contribution in [0.4, 0.5) is 5.69 Å². The Labute approximate surface area is 95.3 Å². The van der Waals surface area contributed by atoms with Crippen molar-refractivity contribution in [3.8, 4) is 6.07 Å². The second-order valence-electron chi connectivity index (χ2n) is 3.30. The van der Waals surface area contributed by atoms with Gasteiger partial charge in [-0.15, -0.1) is 0 Å². The molecule has 0 aliphatic rings. The molecule has 0 bridgehead atoms. The van der Waals surface area contributed by atoms with Gasteiger partial charge >= 0.3 is 0 Å². The first-order chi connectivity index (χ1) is 7.19. The van der Waals surface area contributed by atoms with Gasteiger partial charge in [0.2, 0.25) is 0 Å². The van der Waals surface area contributed by atoms with Crippen molar-refractivity contribution < 1.29 is 0 Å². The van der Waals surface area contributed by atoms with Gasteiger partial charge in [-0.3, -0.25) is 0 Å². The lowest BCUT2D eigenvalue weighted by atomic mass is 10.2. The molecule has 1 rings (SSSR count). The average molecular weight is 224 g/mol. The van der Waals surface area contributed by atoms with E-state index < -0.39 is 0 Å². The molecule has 1 N–H and O–H groups in total. The summed E-state index contributed by atoms with van der Waals surface area (Å²) in [6, 6.07) is 7.40. The van der Waals surface area contributed by atoms with Crippen LogP contribution in [0.15, 0.2) is 18.2 Å². The summed E-state index contributed by atoms with van der Waals surface area (Å²) in [6.45, 7) is 1.77. The minimum absolute atomic E-state index is 0.589. The minimum Gasteiger partial charge on any atom is -0.372 e. The third-order valence-electron chi connectivity index (χ3n) is 2.19. The van der Waals surface area contributed by atoms with Crippen LogP contribution in [0.25, 0.3) is 0 Å². The van der Waals surface area contributed by atoms with Crippen LogP contribution in [0.5, 0.6) is 0 Å². The maximum Gasteiger partial charge on any atom is 0.0992 e. The molecule has 0 aliphatic heterocycles. The lowest BCUT2D eigenvalue weighted by Gasteiger charge is -2.20. The Kier molecular flexibility index (Phi) is 4.41. The Morgan fingerprint density at radius 1 is 1.53 bits per heavy atom. The van der Waals surface area contributed by atoms with Crippen molar-refractivity contribution in [3.63, 3.8) is 0 Å². The van der Waals surface area contributed by atoms with Gasteiger partial charge in [0.15, 0.2) is 0 Å². The summed E-state index contributed by atoms with van der Waals surface area (Å²) < 4.78 is 0. The van der Waals surface area contributed by atoms with E-state index >= 15 is 0 Å². The van der Waals surface area contributed by atoms with E-state index in [0.29, 0.717) is 10.6 Å². The van der Waals surface area contributed by atoms with Crippen LogP contribution >= 0.6 is 11.6 Å². The van der Waals surface area contributed by atoms with E-state index in [1.807, 2.05) is 20.2 Å². The van der Waals surface area contributed by atoms with Crippen molar-refractivity contribution in [1.29, 1.82) is 5.26 Å². The number of rotatable bonds is 4. The summed E-state index contributed by atoms with van der Waals surface area (Å²) in [5.41, 5.74) is 1.54. The standard InChI is InChI=1S/C11H14ClN3/c1-14-5-6-15(2)11-4-3-9(8-13)7-10(11)12/h3-4,7,14H,5-6H2,1-2H3. The lowest BCUT2D eigenvalue weighted by Crippen LogP contribution is -2.27. The maximum absolute atomic E-state index is 8.70. The van der Waals surface area contributed by atoms with E-state index in [2.05, 4.69) is 16.3 Å². The molecule has 80 valence electrons. The molecule has 0 atom stereocenters. The number of nitrogens with one attached hydrogen (secondary N) is 1. The average Bonchev–Trinajstić information content (AvgIpc) is 2.25. The number of hydrogen-bond donors (Lipinski definition) is 1. The van der Waals surface area contributed by atoms with Gasteiger partial charge in [-0.1, -0.05) is 11.6 Å². The highest BCUT2D eigenvalue weighted by Crippen LogP contribution is 2.25. The van der Waals surface area contributed by atoms with Crippen LogP contribution in [0, 0.1) is 11.3 Å². The van der Waals surface area contributed by atoms with Crippen LogP contribution in [-0.4, -0.2) is 27.2 Å². The van der Waals surface area contributed by atoms with Gasteiger partial charge in [0.05, 0.1) is 22.3 Å². The predicted octanol–water partition coefficient (Wildman–Crippen LogP) is 1.87. The second-order valence-corrected chi connectivity index (χ2v) is 3.71. The Hall–Kier alpha value is -1.24. The Morgan fingerprint density at radius 3 is 2.80 bits per heavy atom. The molecule has 0 amide bonds. The fourth-order valence-corrected chi connectivity index (χ4v) is 1.61. The highest BCUT2D eigenvalue weighted by molar-refractivity contribution is 6.33. The molecule has 0 aromatic heterocycles. The van der Waals surface area contributed by atoms with Gasteiger partial charge in [-0.25, -0.2) is 0 Å². The fourth-order valence-electron chi connectivity index (χ4n) is 1.29. The number of likely N-dealkylation sites (N-methyl/N-ethyl adjacent to an activating group) is 2. The first-order valence-corrected chi connectivity index (χ1v) is 5.12. The highest BCUT2D eigenvalue weighted by Gasteiger charge is 2.05. The molecule has 0 unspecified atom stereocenters. The van der Waals surface area contributed by atoms with Gasteiger partial charge < -0.3 is 10.2 Å². The summed E-state index contributed by atoms with van der Waals surface area (Å²) >= 11 is 6.07. The quantitative estimate of drug-likeness (QED) is 0.847. The summed E-state index contributed by atoms with van der Waals surface area (Å²) in [6.07, 6.45) is 0. The Morgan fingerprint density at radius 2 is 2.27 bits per heavy atom. The zero-order chi connectivity index (χ0) is 11.3.